The summed E-state index contributed by atoms with van der Waals surface area (Å²) in [5.74, 6) is 0. The number of nitrogens with one attached hydrogen (secondary N) is 1. The van der Waals surface area contributed by atoms with Crippen LogP contribution >= 0.6 is 0 Å². The van der Waals surface area contributed by atoms with Gasteiger partial charge in [0.15, 0.2) is 0 Å². The Morgan fingerprint density at radius 3 is 1.82 bits per heavy atom. The van der Waals surface area contributed by atoms with Gasteiger partial charge in [0.25, 0.3) is 0 Å². The first-order chi connectivity index (χ1) is 5.20. The monoisotopic (exact) mass is 162 g/mol. The third-order valence-corrected chi connectivity index (χ3v) is 1.28. The zero-order valence-electron chi connectivity index (χ0n) is 8.02. The van der Waals surface area contributed by atoms with Gasteiger partial charge < -0.3 is 14.4 Å². The number of rotatable bonds is 6. The van der Waals surface area contributed by atoms with Crippen LogP contribution in [0.2, 0.25) is 0 Å². The molecule has 0 saturated heterocycles. The highest BCUT2D eigenvalue weighted by Gasteiger charge is 2.10. The minimum Gasteiger partial charge on any atom is -0.348 e. The Morgan fingerprint density at radius 1 is 1.09 bits per heavy atom. The van der Waals surface area contributed by atoms with Crippen molar-refractivity contribution in [3.63, 3.8) is 0 Å². The standard InChI is InChI=1S/C8H19NO2/c1-5-10-8(11-6-2)7-9(3)4/h8H,5-7H2,1-4H3/p+1. The van der Waals surface area contributed by atoms with E-state index in [1.165, 1.54) is 4.90 Å². The van der Waals surface area contributed by atoms with Crippen molar-refractivity contribution < 1.29 is 14.4 Å². The molecule has 0 amide bonds. The van der Waals surface area contributed by atoms with E-state index in [1.54, 1.807) is 0 Å². The molecule has 0 atom stereocenters. The van der Waals surface area contributed by atoms with E-state index in [1.807, 2.05) is 13.8 Å². The fourth-order valence-corrected chi connectivity index (χ4v) is 0.871. The molecule has 3 nitrogen and oxygen atoms in total. The maximum atomic E-state index is 5.35. The number of hydrogen-bond donors (Lipinski definition) is 1. The van der Waals surface area contributed by atoms with Crippen molar-refractivity contribution in [3.05, 3.63) is 0 Å². The summed E-state index contributed by atoms with van der Waals surface area (Å²) in [4.78, 5) is 1.34. The average molecular weight is 162 g/mol. The molecule has 68 valence electrons. The average Bonchev–Trinajstić information content (AvgIpc) is 1.87. The Bertz CT molecular complexity index is 80.2. The van der Waals surface area contributed by atoms with E-state index in [2.05, 4.69) is 14.1 Å². The van der Waals surface area contributed by atoms with Crippen LogP contribution in [0.15, 0.2) is 0 Å². The molecule has 0 saturated carbocycles. The van der Waals surface area contributed by atoms with Gasteiger partial charge in [0.2, 0.25) is 6.29 Å². The van der Waals surface area contributed by atoms with E-state index < -0.39 is 0 Å². The minimum absolute atomic E-state index is 0.0324. The third kappa shape index (κ3) is 6.28. The molecule has 0 unspecified atom stereocenters. The number of likely N-dealkylation sites (N-methyl/N-ethyl adjacent to an activating group) is 1. The smallest absolute Gasteiger partial charge is 0.207 e. The highest BCUT2D eigenvalue weighted by molar-refractivity contribution is 4.37. The van der Waals surface area contributed by atoms with Crippen LogP contribution in [0.3, 0.4) is 0 Å². The second-order valence-electron chi connectivity index (χ2n) is 2.75. The first-order valence-corrected chi connectivity index (χ1v) is 4.22. The molecule has 0 bridgehead atoms. The largest absolute Gasteiger partial charge is 0.348 e. The van der Waals surface area contributed by atoms with Gasteiger partial charge in [-0.2, -0.15) is 0 Å². The molecule has 0 rings (SSSR count). The zero-order valence-corrected chi connectivity index (χ0v) is 8.02. The predicted octanol–water partition coefficient (Wildman–Crippen LogP) is -0.470. The molecule has 0 fully saturated rings. The Hall–Kier alpha value is -0.120. The lowest BCUT2D eigenvalue weighted by Gasteiger charge is -2.18. The van der Waals surface area contributed by atoms with Crippen molar-refractivity contribution in [1.82, 2.24) is 0 Å². The molecule has 0 aliphatic rings. The molecule has 0 aromatic carbocycles. The lowest BCUT2D eigenvalue weighted by Crippen LogP contribution is -3.07. The van der Waals surface area contributed by atoms with Gasteiger partial charge in [-0.05, 0) is 13.8 Å². The van der Waals surface area contributed by atoms with E-state index in [0.717, 1.165) is 19.8 Å². The van der Waals surface area contributed by atoms with Crippen molar-refractivity contribution in [1.29, 1.82) is 0 Å². The van der Waals surface area contributed by atoms with Crippen molar-refractivity contribution >= 4 is 0 Å². The van der Waals surface area contributed by atoms with E-state index >= 15 is 0 Å². The summed E-state index contributed by atoms with van der Waals surface area (Å²) in [6.45, 7) is 6.31. The summed E-state index contributed by atoms with van der Waals surface area (Å²) in [6, 6.07) is 0. The van der Waals surface area contributed by atoms with Crippen LogP contribution in [0.4, 0.5) is 0 Å². The van der Waals surface area contributed by atoms with Gasteiger partial charge in [-0.15, -0.1) is 0 Å². The first-order valence-electron chi connectivity index (χ1n) is 4.22. The number of hydrogen-bond acceptors (Lipinski definition) is 2. The normalized spacial score (nSPS) is 11.5. The summed E-state index contributed by atoms with van der Waals surface area (Å²) >= 11 is 0. The van der Waals surface area contributed by atoms with Gasteiger partial charge in [-0.25, -0.2) is 0 Å². The van der Waals surface area contributed by atoms with Gasteiger partial charge in [-0.1, -0.05) is 0 Å². The topological polar surface area (TPSA) is 22.9 Å². The summed E-state index contributed by atoms with van der Waals surface area (Å²) in [7, 11) is 4.18. The molecule has 11 heavy (non-hydrogen) atoms. The molecule has 3 heteroatoms. The molecule has 0 heterocycles. The van der Waals surface area contributed by atoms with Crippen LogP contribution in [0, 0.1) is 0 Å². The van der Waals surface area contributed by atoms with Crippen molar-refractivity contribution in [2.45, 2.75) is 20.1 Å². The van der Waals surface area contributed by atoms with Crippen molar-refractivity contribution in [2.24, 2.45) is 0 Å². The molecule has 0 radical (unpaired) electrons. The maximum Gasteiger partial charge on any atom is 0.207 e. The lowest BCUT2D eigenvalue weighted by atomic mass is 10.5. The van der Waals surface area contributed by atoms with Gasteiger partial charge in [0.1, 0.15) is 6.54 Å². The van der Waals surface area contributed by atoms with Crippen LogP contribution in [0.5, 0.6) is 0 Å². The maximum absolute atomic E-state index is 5.35. The molecule has 0 spiro atoms. The molecular weight excluding hydrogens is 142 g/mol. The van der Waals surface area contributed by atoms with Gasteiger partial charge in [0.05, 0.1) is 14.1 Å². The van der Waals surface area contributed by atoms with Crippen LogP contribution in [-0.2, 0) is 9.47 Å². The third-order valence-electron chi connectivity index (χ3n) is 1.28. The zero-order chi connectivity index (χ0) is 8.69. The molecular formula is C8H20NO2+. The lowest BCUT2D eigenvalue weighted by molar-refractivity contribution is -0.865. The van der Waals surface area contributed by atoms with Gasteiger partial charge in [-0.3, -0.25) is 0 Å². The fraction of sp³-hybridized carbons (Fsp3) is 1.00. The Balaban J connectivity index is 3.50. The summed E-state index contributed by atoms with van der Waals surface area (Å²) in [5.41, 5.74) is 0. The summed E-state index contributed by atoms with van der Waals surface area (Å²) < 4.78 is 10.7. The van der Waals surface area contributed by atoms with Gasteiger partial charge in [0, 0.05) is 13.2 Å². The molecule has 0 aromatic rings. The number of quaternary nitrogens is 1. The van der Waals surface area contributed by atoms with E-state index in [0.29, 0.717) is 0 Å². The Kier molecular flexibility index (Phi) is 6.51. The molecule has 1 N–H and O–H groups in total. The van der Waals surface area contributed by atoms with E-state index in [9.17, 15) is 0 Å². The van der Waals surface area contributed by atoms with E-state index in [-0.39, 0.29) is 6.29 Å². The SMILES string of the molecule is CCOC(C[NH+](C)C)OCC. The van der Waals surface area contributed by atoms with Crippen LogP contribution in [-0.4, -0.2) is 40.1 Å². The molecule has 0 aliphatic heterocycles. The van der Waals surface area contributed by atoms with Crippen LogP contribution in [0.1, 0.15) is 13.8 Å². The highest BCUT2D eigenvalue weighted by Crippen LogP contribution is 1.90. The molecule has 0 aromatic heterocycles. The van der Waals surface area contributed by atoms with Crippen molar-refractivity contribution in [2.75, 3.05) is 33.9 Å². The Labute approximate surface area is 69.3 Å². The van der Waals surface area contributed by atoms with E-state index in [4.69, 9.17) is 9.47 Å². The van der Waals surface area contributed by atoms with Crippen LogP contribution in [0.25, 0.3) is 0 Å². The van der Waals surface area contributed by atoms with Gasteiger partial charge >= 0.3 is 0 Å². The van der Waals surface area contributed by atoms with Crippen molar-refractivity contribution in [3.8, 4) is 0 Å². The fourth-order valence-electron chi connectivity index (χ4n) is 0.871. The minimum atomic E-state index is -0.0324. The highest BCUT2D eigenvalue weighted by atomic mass is 16.7. The summed E-state index contributed by atoms with van der Waals surface area (Å²) in [5, 5.41) is 0. The Morgan fingerprint density at radius 2 is 1.55 bits per heavy atom. The summed E-state index contributed by atoms with van der Waals surface area (Å²) in [6.07, 6.45) is -0.0324. The second kappa shape index (κ2) is 6.58. The predicted molar refractivity (Wildman–Crippen MR) is 44.7 cm³/mol. The molecule has 0 aliphatic carbocycles. The quantitative estimate of drug-likeness (QED) is 0.534. The second-order valence-corrected chi connectivity index (χ2v) is 2.75. The van der Waals surface area contributed by atoms with Crippen LogP contribution < -0.4 is 4.90 Å². The number of ether oxygens (including phenoxy) is 2. The first kappa shape index (κ1) is 10.9.